The Morgan fingerprint density at radius 1 is 0.955 bits per heavy atom. The molecule has 1 atom stereocenters. The highest BCUT2D eigenvalue weighted by Crippen LogP contribution is 2.49. The van der Waals surface area contributed by atoms with Gasteiger partial charge in [0.15, 0.2) is 22.4 Å². The number of piperazine rings is 1. The van der Waals surface area contributed by atoms with E-state index in [1.54, 1.807) is 47.4 Å². The molecule has 3 heterocycles. The highest BCUT2D eigenvalue weighted by atomic mass is 16.5. The summed E-state index contributed by atoms with van der Waals surface area (Å²) in [5.74, 6) is -3.74. The second-order valence-corrected chi connectivity index (χ2v) is 10.8. The van der Waals surface area contributed by atoms with Crippen LogP contribution in [0.1, 0.15) is 23.5 Å². The number of carbonyl (C=O) groups excluding carboxylic acids is 1. The number of rotatable bonds is 6. The molecule has 1 fully saturated rings. The molecule has 44 heavy (non-hydrogen) atoms. The zero-order valence-corrected chi connectivity index (χ0v) is 24.1. The lowest BCUT2D eigenvalue weighted by molar-refractivity contribution is -0.133. The number of phenols is 3. The molecule has 1 amide bonds. The van der Waals surface area contributed by atoms with Crippen LogP contribution in [0, 0.1) is 0 Å². The smallest absolute Gasteiger partial charge is 0.223 e. The number of phenolic OH excluding ortho intramolecular Hbond substituents is 3. The number of nitrogens with zero attached hydrogens (tertiary/aromatic N) is 2. The lowest BCUT2D eigenvalue weighted by Crippen LogP contribution is -2.47. The van der Waals surface area contributed by atoms with Crippen LogP contribution in [0.4, 0.5) is 0 Å². The maximum absolute atomic E-state index is 14.0. The van der Waals surface area contributed by atoms with Gasteiger partial charge in [0.1, 0.15) is 28.1 Å². The van der Waals surface area contributed by atoms with Crippen LogP contribution < -0.4 is 15.6 Å². The molecule has 11 nitrogen and oxygen atoms in total. The number of likely N-dealkylation sites (N-methyl/N-ethyl adjacent to an activating group) is 1. The molecule has 11 heteroatoms. The molecule has 3 N–H and O–H groups in total. The molecule has 1 aliphatic rings. The predicted octanol–water partition coefficient (Wildman–Crippen LogP) is 3.99. The summed E-state index contributed by atoms with van der Waals surface area (Å²) in [4.78, 5) is 44.9. The summed E-state index contributed by atoms with van der Waals surface area (Å²) in [6.45, 7) is 2.20. The van der Waals surface area contributed by atoms with Crippen LogP contribution in [0.15, 0.2) is 79.3 Å². The molecule has 6 rings (SSSR count). The van der Waals surface area contributed by atoms with E-state index < -0.39 is 39.4 Å². The van der Waals surface area contributed by atoms with Gasteiger partial charge < -0.3 is 38.7 Å². The van der Waals surface area contributed by atoms with Gasteiger partial charge in [0.25, 0.3) is 0 Å². The average molecular weight is 599 g/mol. The molecule has 3 aromatic carbocycles. The fourth-order valence-corrected chi connectivity index (χ4v) is 5.66. The largest absolute Gasteiger partial charge is 0.504 e. The zero-order chi connectivity index (χ0) is 31.1. The quantitative estimate of drug-likeness (QED) is 0.245. The number of ether oxygens (including phenoxy) is 1. The summed E-state index contributed by atoms with van der Waals surface area (Å²) < 4.78 is 17.3. The van der Waals surface area contributed by atoms with Crippen molar-refractivity contribution in [3.05, 3.63) is 92.4 Å². The molecule has 0 saturated carbocycles. The van der Waals surface area contributed by atoms with Crippen molar-refractivity contribution in [1.29, 1.82) is 0 Å². The zero-order valence-electron chi connectivity index (χ0n) is 24.1. The van der Waals surface area contributed by atoms with E-state index in [4.69, 9.17) is 13.6 Å². The van der Waals surface area contributed by atoms with Gasteiger partial charge in [-0.05, 0) is 25.2 Å². The van der Waals surface area contributed by atoms with Crippen LogP contribution in [-0.2, 0) is 4.79 Å². The number of hydrogen-bond donors (Lipinski definition) is 3. The van der Waals surface area contributed by atoms with Crippen LogP contribution in [0.25, 0.3) is 33.3 Å². The Hall–Kier alpha value is -5.29. The number of aromatic hydroxyl groups is 3. The minimum atomic E-state index is -1.25. The Balaban J connectivity index is 1.63. The minimum absolute atomic E-state index is 0.0253. The number of benzene rings is 3. The van der Waals surface area contributed by atoms with Gasteiger partial charge in [0.05, 0.1) is 18.8 Å². The van der Waals surface area contributed by atoms with Crippen molar-refractivity contribution in [2.75, 3.05) is 40.3 Å². The third kappa shape index (κ3) is 5.01. The molecular weight excluding hydrogens is 568 g/mol. The van der Waals surface area contributed by atoms with Crippen molar-refractivity contribution in [2.45, 2.75) is 12.3 Å². The van der Waals surface area contributed by atoms with Gasteiger partial charge in [-0.25, -0.2) is 0 Å². The normalized spacial score (nSPS) is 14.6. The SMILES string of the molecule is COc1ccc2occ([C@@H](CC(=O)N3CCN(C)CC3)c3c(O)c(O)c(O)c4c(=O)cc(-c5ccccc5)oc34)c(=O)c2c1. The van der Waals surface area contributed by atoms with E-state index in [0.29, 0.717) is 37.5 Å². The first-order valence-electron chi connectivity index (χ1n) is 14.0. The molecule has 0 radical (unpaired) electrons. The monoisotopic (exact) mass is 598 g/mol. The Morgan fingerprint density at radius 3 is 2.39 bits per heavy atom. The number of methoxy groups -OCH3 is 1. The maximum atomic E-state index is 14.0. The highest BCUT2D eigenvalue weighted by Gasteiger charge is 2.34. The van der Waals surface area contributed by atoms with Crippen LogP contribution in [-0.4, -0.2) is 71.4 Å². The standard InChI is InChI=1S/C33H30N2O9/c1-34-10-12-35(13-11-34)26(37)15-20(22-17-43-24-9-8-19(42-2)14-21(24)29(22)38)27-30(39)32(41)31(40)28-23(36)16-25(44-33(27)28)18-6-4-3-5-7-18/h3-9,14,16-17,20,39-41H,10-13,15H2,1-2H3/t20-/m1/s1. The highest BCUT2D eigenvalue weighted by molar-refractivity contribution is 5.94. The minimum Gasteiger partial charge on any atom is -0.504 e. The van der Waals surface area contributed by atoms with Crippen molar-refractivity contribution >= 4 is 27.8 Å². The Kier molecular flexibility index (Phi) is 7.48. The molecular formula is C33H30N2O9. The van der Waals surface area contributed by atoms with Crippen molar-refractivity contribution < 1.29 is 33.7 Å². The first-order valence-corrected chi connectivity index (χ1v) is 14.0. The molecule has 5 aromatic rings. The van der Waals surface area contributed by atoms with E-state index >= 15 is 0 Å². The topological polar surface area (TPSA) is 154 Å². The lowest BCUT2D eigenvalue weighted by Gasteiger charge is -2.33. The Labute approximate surface area is 250 Å². The van der Waals surface area contributed by atoms with Gasteiger partial charge in [-0.1, -0.05) is 30.3 Å². The van der Waals surface area contributed by atoms with Gasteiger partial charge in [-0.2, -0.15) is 0 Å². The number of amides is 1. The van der Waals surface area contributed by atoms with Gasteiger partial charge in [-0.15, -0.1) is 0 Å². The fourth-order valence-electron chi connectivity index (χ4n) is 5.66. The van der Waals surface area contributed by atoms with Crippen molar-refractivity contribution in [2.24, 2.45) is 0 Å². The fraction of sp³-hybridized carbons (Fsp3) is 0.242. The molecule has 0 spiro atoms. The molecule has 0 aliphatic carbocycles. The van der Waals surface area contributed by atoms with E-state index in [2.05, 4.69) is 4.90 Å². The third-order valence-corrected chi connectivity index (χ3v) is 8.16. The number of fused-ring (bicyclic) bond motifs is 2. The van der Waals surface area contributed by atoms with Crippen LogP contribution in [0.3, 0.4) is 0 Å². The van der Waals surface area contributed by atoms with E-state index in [-0.39, 0.29) is 45.8 Å². The van der Waals surface area contributed by atoms with Gasteiger partial charge in [0, 0.05) is 61.3 Å². The molecule has 226 valence electrons. The van der Waals surface area contributed by atoms with E-state index in [0.717, 1.165) is 0 Å². The third-order valence-electron chi connectivity index (χ3n) is 8.16. The van der Waals surface area contributed by atoms with Crippen molar-refractivity contribution in [3.63, 3.8) is 0 Å². The summed E-state index contributed by atoms with van der Waals surface area (Å²) >= 11 is 0. The van der Waals surface area contributed by atoms with Gasteiger partial charge in [-0.3, -0.25) is 14.4 Å². The van der Waals surface area contributed by atoms with E-state index in [9.17, 15) is 29.7 Å². The van der Waals surface area contributed by atoms with Crippen molar-refractivity contribution in [1.82, 2.24) is 9.80 Å². The van der Waals surface area contributed by atoms with E-state index in [1.165, 1.54) is 25.5 Å². The molecule has 2 aromatic heterocycles. The summed E-state index contributed by atoms with van der Waals surface area (Å²) in [7, 11) is 3.41. The van der Waals surface area contributed by atoms with Gasteiger partial charge >= 0.3 is 0 Å². The van der Waals surface area contributed by atoms with E-state index in [1.807, 2.05) is 7.05 Å². The first-order chi connectivity index (χ1) is 21.2. The maximum Gasteiger partial charge on any atom is 0.223 e. The number of carbonyl (C=O) groups is 1. The second kappa shape index (κ2) is 11.4. The summed E-state index contributed by atoms with van der Waals surface area (Å²) in [6.07, 6.45) is 0.865. The summed E-state index contributed by atoms with van der Waals surface area (Å²) in [5, 5.41) is 32.7. The number of hydrogen-bond acceptors (Lipinski definition) is 10. The van der Waals surface area contributed by atoms with Crippen molar-refractivity contribution in [3.8, 4) is 34.3 Å². The molecule has 1 saturated heterocycles. The summed E-state index contributed by atoms with van der Waals surface area (Å²) in [5.41, 5.74) is -0.909. The Bertz CT molecular complexity index is 2010. The first kappa shape index (κ1) is 28.8. The van der Waals surface area contributed by atoms with Gasteiger partial charge in [0.2, 0.25) is 11.7 Å². The molecule has 0 bridgehead atoms. The predicted molar refractivity (Wildman–Crippen MR) is 162 cm³/mol. The van der Waals surface area contributed by atoms with Crippen LogP contribution in [0.5, 0.6) is 23.0 Å². The summed E-state index contributed by atoms with van der Waals surface area (Å²) in [6, 6.07) is 14.6. The molecule has 1 aliphatic heterocycles. The molecule has 0 unspecified atom stereocenters. The van der Waals surface area contributed by atoms with Crippen LogP contribution in [0.2, 0.25) is 0 Å². The lowest BCUT2D eigenvalue weighted by atomic mass is 9.85. The second-order valence-electron chi connectivity index (χ2n) is 10.8. The average Bonchev–Trinajstić information content (AvgIpc) is 3.03. The van der Waals surface area contributed by atoms with Crippen LogP contribution >= 0.6 is 0 Å². The Morgan fingerprint density at radius 2 is 1.68 bits per heavy atom.